The number of nitrogens with one attached hydrogen (secondary N) is 2. The van der Waals surface area contributed by atoms with Gasteiger partial charge in [0.05, 0.1) is 5.57 Å². The van der Waals surface area contributed by atoms with Crippen molar-refractivity contribution >= 4 is 40.7 Å². The molecular formula is C21H19Cl2N5O. The standard InChI is InChI=1S/C21H19Cl2N5O/c1-11-6-4-9-16(12(11)2)27-20(29)17-13(3)26-21-24-10-25-28(21)19(17)18-14(22)7-5-8-15(18)23/h4-10,19H,1-3H3,(H,27,29)(H,24,25,26). The number of anilines is 2. The van der Waals surface area contributed by atoms with E-state index in [2.05, 4.69) is 20.7 Å². The number of aromatic nitrogens is 3. The van der Waals surface area contributed by atoms with E-state index >= 15 is 0 Å². The quantitative estimate of drug-likeness (QED) is 0.607. The van der Waals surface area contributed by atoms with Gasteiger partial charge in [0.2, 0.25) is 5.95 Å². The molecule has 148 valence electrons. The molecule has 6 nitrogen and oxygen atoms in total. The van der Waals surface area contributed by atoms with Gasteiger partial charge < -0.3 is 10.6 Å². The lowest BCUT2D eigenvalue weighted by Crippen LogP contribution is -2.32. The molecule has 1 aliphatic rings. The summed E-state index contributed by atoms with van der Waals surface area (Å²) in [5.74, 6) is 0.262. The van der Waals surface area contributed by atoms with Crippen LogP contribution in [0.4, 0.5) is 11.6 Å². The van der Waals surface area contributed by atoms with E-state index in [1.54, 1.807) is 22.9 Å². The van der Waals surface area contributed by atoms with Crippen molar-refractivity contribution in [3.8, 4) is 0 Å². The van der Waals surface area contributed by atoms with E-state index in [1.807, 2.05) is 39.0 Å². The van der Waals surface area contributed by atoms with Crippen LogP contribution < -0.4 is 10.6 Å². The number of aryl methyl sites for hydroxylation is 1. The van der Waals surface area contributed by atoms with E-state index in [1.165, 1.54) is 6.33 Å². The first kappa shape index (κ1) is 19.5. The van der Waals surface area contributed by atoms with Gasteiger partial charge in [-0.3, -0.25) is 4.79 Å². The normalized spacial score (nSPS) is 15.7. The van der Waals surface area contributed by atoms with Crippen LogP contribution >= 0.6 is 23.2 Å². The second kappa shape index (κ2) is 7.54. The van der Waals surface area contributed by atoms with Gasteiger partial charge in [0, 0.05) is 27.0 Å². The van der Waals surface area contributed by atoms with Crippen LogP contribution in [0.2, 0.25) is 10.0 Å². The fourth-order valence-electron chi connectivity index (χ4n) is 3.50. The smallest absolute Gasteiger partial charge is 0.255 e. The van der Waals surface area contributed by atoms with Crippen LogP contribution in [-0.4, -0.2) is 20.7 Å². The molecule has 0 fully saturated rings. The van der Waals surface area contributed by atoms with Gasteiger partial charge in [0.1, 0.15) is 12.4 Å². The van der Waals surface area contributed by atoms with E-state index < -0.39 is 6.04 Å². The second-order valence-electron chi connectivity index (χ2n) is 6.93. The Morgan fingerprint density at radius 2 is 1.79 bits per heavy atom. The van der Waals surface area contributed by atoms with Gasteiger partial charge in [-0.05, 0) is 50.1 Å². The Morgan fingerprint density at radius 1 is 1.10 bits per heavy atom. The summed E-state index contributed by atoms with van der Waals surface area (Å²) in [6.45, 7) is 5.81. The van der Waals surface area contributed by atoms with Crippen LogP contribution in [0, 0.1) is 13.8 Å². The number of allylic oxidation sites excluding steroid dienone is 1. The molecule has 4 rings (SSSR count). The topological polar surface area (TPSA) is 71.8 Å². The van der Waals surface area contributed by atoms with Crippen LogP contribution in [0.1, 0.15) is 29.7 Å². The minimum Gasteiger partial charge on any atom is -0.328 e. The number of carbonyl (C=O) groups is 1. The minimum absolute atomic E-state index is 0.258. The molecule has 1 amide bonds. The van der Waals surface area contributed by atoms with Gasteiger partial charge in [0.25, 0.3) is 5.91 Å². The van der Waals surface area contributed by atoms with Crippen molar-refractivity contribution in [2.45, 2.75) is 26.8 Å². The first-order valence-corrected chi connectivity index (χ1v) is 9.83. The summed E-state index contributed by atoms with van der Waals surface area (Å²) in [7, 11) is 0. The fraction of sp³-hybridized carbons (Fsp3) is 0.190. The van der Waals surface area contributed by atoms with E-state index in [9.17, 15) is 4.79 Å². The zero-order valence-electron chi connectivity index (χ0n) is 16.1. The highest BCUT2D eigenvalue weighted by atomic mass is 35.5. The van der Waals surface area contributed by atoms with Crippen LogP contribution in [0.5, 0.6) is 0 Å². The Bertz CT molecular complexity index is 1130. The predicted octanol–water partition coefficient (Wildman–Crippen LogP) is 5.13. The molecule has 1 unspecified atom stereocenters. The predicted molar refractivity (Wildman–Crippen MR) is 115 cm³/mol. The molecule has 2 N–H and O–H groups in total. The molecule has 0 saturated heterocycles. The van der Waals surface area contributed by atoms with Crippen molar-refractivity contribution in [2.24, 2.45) is 0 Å². The van der Waals surface area contributed by atoms with Crippen molar-refractivity contribution in [3.63, 3.8) is 0 Å². The van der Waals surface area contributed by atoms with Gasteiger partial charge in [-0.15, -0.1) is 0 Å². The molecule has 1 aliphatic heterocycles. The fourth-order valence-corrected chi connectivity index (χ4v) is 4.10. The number of rotatable bonds is 3. The van der Waals surface area contributed by atoms with E-state index in [-0.39, 0.29) is 5.91 Å². The highest BCUT2D eigenvalue weighted by Crippen LogP contribution is 2.41. The molecule has 29 heavy (non-hydrogen) atoms. The Balaban J connectivity index is 1.83. The molecule has 0 spiro atoms. The average Bonchev–Trinajstić information content (AvgIpc) is 3.13. The number of amides is 1. The Hall–Kier alpha value is -2.83. The average molecular weight is 428 g/mol. The number of hydrogen-bond donors (Lipinski definition) is 2. The lowest BCUT2D eigenvalue weighted by molar-refractivity contribution is -0.113. The van der Waals surface area contributed by atoms with Crippen molar-refractivity contribution in [1.29, 1.82) is 0 Å². The number of benzene rings is 2. The van der Waals surface area contributed by atoms with Gasteiger partial charge in [-0.1, -0.05) is 41.4 Å². The first-order valence-electron chi connectivity index (χ1n) is 9.07. The number of fused-ring (bicyclic) bond motifs is 1. The second-order valence-corrected chi connectivity index (χ2v) is 7.75. The first-order chi connectivity index (χ1) is 13.9. The summed E-state index contributed by atoms with van der Waals surface area (Å²) >= 11 is 13.0. The van der Waals surface area contributed by atoms with Crippen LogP contribution in [0.25, 0.3) is 0 Å². The molecule has 1 atom stereocenters. The molecule has 3 aromatic rings. The molecule has 2 heterocycles. The SMILES string of the molecule is CC1=C(C(=O)Nc2cccc(C)c2C)C(c2c(Cl)cccc2Cl)n2ncnc2N1. The molecule has 0 saturated carbocycles. The molecular weight excluding hydrogens is 409 g/mol. The molecule has 0 bridgehead atoms. The lowest BCUT2D eigenvalue weighted by Gasteiger charge is -2.30. The third-order valence-corrected chi connectivity index (χ3v) is 5.82. The molecule has 8 heteroatoms. The van der Waals surface area contributed by atoms with Gasteiger partial charge in [0.15, 0.2) is 0 Å². The third-order valence-electron chi connectivity index (χ3n) is 5.16. The zero-order chi connectivity index (χ0) is 20.7. The molecule has 2 aromatic carbocycles. The molecule has 1 aromatic heterocycles. The highest BCUT2D eigenvalue weighted by Gasteiger charge is 2.36. The van der Waals surface area contributed by atoms with Gasteiger partial charge >= 0.3 is 0 Å². The van der Waals surface area contributed by atoms with Crippen molar-refractivity contribution in [1.82, 2.24) is 14.8 Å². The van der Waals surface area contributed by atoms with E-state index in [0.29, 0.717) is 32.8 Å². The lowest BCUT2D eigenvalue weighted by atomic mass is 9.94. The summed E-state index contributed by atoms with van der Waals surface area (Å²) in [6, 6.07) is 10.4. The summed E-state index contributed by atoms with van der Waals surface area (Å²) in [5, 5.41) is 11.4. The van der Waals surface area contributed by atoms with E-state index in [0.717, 1.165) is 16.8 Å². The monoisotopic (exact) mass is 427 g/mol. The number of halogens is 2. The van der Waals surface area contributed by atoms with Crippen LogP contribution in [0.3, 0.4) is 0 Å². The number of hydrogen-bond acceptors (Lipinski definition) is 4. The summed E-state index contributed by atoms with van der Waals surface area (Å²) in [4.78, 5) is 17.7. The van der Waals surface area contributed by atoms with Gasteiger partial charge in [-0.2, -0.15) is 10.1 Å². The minimum atomic E-state index is -0.611. The van der Waals surface area contributed by atoms with Crippen LogP contribution in [0.15, 0.2) is 54.0 Å². The van der Waals surface area contributed by atoms with Crippen LogP contribution in [-0.2, 0) is 4.79 Å². The maximum Gasteiger partial charge on any atom is 0.255 e. The number of carbonyl (C=O) groups excluding carboxylic acids is 1. The largest absolute Gasteiger partial charge is 0.328 e. The Kier molecular flexibility index (Phi) is 5.06. The summed E-state index contributed by atoms with van der Waals surface area (Å²) in [6.07, 6.45) is 1.43. The Labute approximate surface area is 178 Å². The summed E-state index contributed by atoms with van der Waals surface area (Å²) in [5.41, 5.74) is 4.60. The molecule has 0 radical (unpaired) electrons. The summed E-state index contributed by atoms with van der Waals surface area (Å²) < 4.78 is 1.62. The molecule has 0 aliphatic carbocycles. The van der Waals surface area contributed by atoms with Gasteiger partial charge in [-0.25, -0.2) is 4.68 Å². The maximum atomic E-state index is 13.4. The Morgan fingerprint density at radius 3 is 2.52 bits per heavy atom. The van der Waals surface area contributed by atoms with E-state index in [4.69, 9.17) is 23.2 Å². The van der Waals surface area contributed by atoms with Crippen molar-refractivity contribution < 1.29 is 4.79 Å². The van der Waals surface area contributed by atoms with Crippen molar-refractivity contribution in [3.05, 3.63) is 80.7 Å². The number of nitrogens with zero attached hydrogens (tertiary/aromatic N) is 3. The highest BCUT2D eigenvalue weighted by molar-refractivity contribution is 6.36. The zero-order valence-corrected chi connectivity index (χ0v) is 17.6. The maximum absolute atomic E-state index is 13.4. The third kappa shape index (κ3) is 3.39. The van der Waals surface area contributed by atoms with Crippen molar-refractivity contribution in [2.75, 3.05) is 10.6 Å².